The second kappa shape index (κ2) is 19.3. The third-order valence-corrected chi connectivity index (χ3v) is 11.4. The topological polar surface area (TPSA) is 40.7 Å². The van der Waals surface area contributed by atoms with Crippen LogP contribution in [0.3, 0.4) is 0 Å². The number of benzene rings is 8. The molecule has 0 aliphatic heterocycles. The minimum atomic E-state index is 0.802. The molecule has 8 aromatic carbocycles. The van der Waals surface area contributed by atoms with E-state index in [1.54, 1.807) is 21.3 Å². The van der Waals surface area contributed by atoms with Crippen molar-refractivity contribution in [2.24, 2.45) is 0 Å². The molecule has 0 N–H and O–H groups in total. The summed E-state index contributed by atoms with van der Waals surface area (Å²) in [5, 5.41) is 0. The molecule has 0 radical (unpaired) electrons. The molecule has 0 amide bonds. The molecule has 1 aliphatic carbocycles. The smallest absolute Gasteiger partial charge is 0.120 e. The fourth-order valence-corrected chi connectivity index (χ4v) is 8.33. The molecule has 0 bridgehead atoms. The number of allylic oxidation sites excluding steroid dienone is 4. The highest BCUT2D eigenvalue weighted by Gasteiger charge is 2.23. The SMILES string of the molecule is COc1cccc(N(C2=CC=C(N(c3ccc(N(c4ccccc4)c4cccc(OC)c4)cc3)c3ccc(N(c4ccccc4)c4cccc(OC)c4)cc3)CC2)c2ccccc2)c1. The van der Waals surface area contributed by atoms with E-state index in [0.29, 0.717) is 0 Å². The summed E-state index contributed by atoms with van der Waals surface area (Å²) in [5.41, 5.74) is 12.8. The predicted molar refractivity (Wildman–Crippen MR) is 264 cm³/mol. The maximum atomic E-state index is 5.66. The lowest BCUT2D eigenvalue weighted by molar-refractivity contribution is 0.415. The Bertz CT molecular complexity index is 2710. The zero-order valence-electron chi connectivity index (χ0n) is 36.3. The zero-order chi connectivity index (χ0) is 43.7. The Kier molecular flexibility index (Phi) is 12.4. The molecule has 9 rings (SSSR count). The standard InChI is InChI=1S/C57H50N4O3/c1-62-55-25-13-22-52(40-55)59(43-16-7-4-8-17-43)49-34-28-46(29-35-49)58(47-30-36-50(37-31-47)60(44-18-9-5-10-19-44)53-23-14-26-56(41-53)63-2)48-32-38-51(39-33-48)61(45-20-11-6-12-21-45)54-24-15-27-57(42-54)64-3/h4-32,34-38,40-42H,33,39H2,1-3H3. The molecule has 64 heavy (non-hydrogen) atoms. The first kappa shape index (κ1) is 41.2. The molecule has 0 saturated heterocycles. The van der Waals surface area contributed by atoms with Crippen molar-refractivity contribution >= 4 is 56.9 Å². The molecule has 7 nitrogen and oxygen atoms in total. The van der Waals surface area contributed by atoms with Crippen LogP contribution < -0.4 is 33.8 Å². The van der Waals surface area contributed by atoms with Crippen LogP contribution in [0.2, 0.25) is 0 Å². The molecule has 316 valence electrons. The molecular weight excluding hydrogens is 789 g/mol. The highest BCUT2D eigenvalue weighted by atomic mass is 16.5. The van der Waals surface area contributed by atoms with E-state index in [0.717, 1.165) is 87.0 Å². The molecule has 1 aliphatic rings. The first-order valence-corrected chi connectivity index (χ1v) is 21.5. The molecule has 0 atom stereocenters. The number of nitrogens with zero attached hydrogens (tertiary/aromatic N) is 4. The van der Waals surface area contributed by atoms with Gasteiger partial charge < -0.3 is 33.8 Å². The Hall–Kier alpha value is -8.16. The fraction of sp³-hybridized carbons (Fsp3) is 0.0877. The summed E-state index contributed by atoms with van der Waals surface area (Å²) in [6.07, 6.45) is 6.17. The van der Waals surface area contributed by atoms with E-state index >= 15 is 0 Å². The van der Waals surface area contributed by atoms with Gasteiger partial charge in [0.1, 0.15) is 17.2 Å². The highest BCUT2D eigenvalue weighted by molar-refractivity contribution is 5.82. The van der Waals surface area contributed by atoms with Crippen molar-refractivity contribution in [2.45, 2.75) is 12.8 Å². The third kappa shape index (κ3) is 8.92. The Labute approximate surface area is 376 Å². The highest BCUT2D eigenvalue weighted by Crippen LogP contribution is 2.43. The molecule has 7 heteroatoms. The number of ether oxygens (including phenoxy) is 3. The minimum absolute atomic E-state index is 0.802. The van der Waals surface area contributed by atoms with Crippen molar-refractivity contribution in [3.05, 3.63) is 236 Å². The van der Waals surface area contributed by atoms with Gasteiger partial charge in [0, 0.05) is 86.5 Å². The lowest BCUT2D eigenvalue weighted by Gasteiger charge is -2.34. The van der Waals surface area contributed by atoms with Crippen LogP contribution in [0, 0.1) is 0 Å². The van der Waals surface area contributed by atoms with Crippen molar-refractivity contribution in [3.8, 4) is 17.2 Å². The van der Waals surface area contributed by atoms with Gasteiger partial charge >= 0.3 is 0 Å². The number of hydrogen-bond acceptors (Lipinski definition) is 7. The van der Waals surface area contributed by atoms with Crippen molar-refractivity contribution in [3.63, 3.8) is 0 Å². The van der Waals surface area contributed by atoms with Crippen LogP contribution in [0.15, 0.2) is 236 Å². The lowest BCUT2D eigenvalue weighted by atomic mass is 10.0. The molecule has 0 aromatic heterocycles. The van der Waals surface area contributed by atoms with Crippen LogP contribution in [0.5, 0.6) is 17.2 Å². The Balaban J connectivity index is 1.13. The summed E-state index contributed by atoms with van der Waals surface area (Å²) >= 11 is 0. The number of rotatable bonds is 15. The Morgan fingerprint density at radius 2 is 0.516 bits per heavy atom. The molecule has 0 spiro atoms. The van der Waals surface area contributed by atoms with Crippen LogP contribution in [0.1, 0.15) is 12.8 Å². The number of para-hydroxylation sites is 3. The maximum Gasteiger partial charge on any atom is 0.120 e. The van der Waals surface area contributed by atoms with Crippen LogP contribution in [-0.4, -0.2) is 21.3 Å². The van der Waals surface area contributed by atoms with Crippen LogP contribution in [0.25, 0.3) is 0 Å². The van der Waals surface area contributed by atoms with Gasteiger partial charge in [0.2, 0.25) is 0 Å². The van der Waals surface area contributed by atoms with E-state index in [2.05, 4.69) is 196 Å². The summed E-state index contributed by atoms with van der Waals surface area (Å²) in [6, 6.07) is 73.8. The van der Waals surface area contributed by atoms with Gasteiger partial charge in [-0.2, -0.15) is 0 Å². The number of anilines is 10. The van der Waals surface area contributed by atoms with Gasteiger partial charge in [0.25, 0.3) is 0 Å². The second-order valence-electron chi connectivity index (χ2n) is 15.3. The van der Waals surface area contributed by atoms with Crippen LogP contribution in [-0.2, 0) is 0 Å². The van der Waals surface area contributed by atoms with E-state index < -0.39 is 0 Å². The third-order valence-electron chi connectivity index (χ3n) is 11.4. The first-order chi connectivity index (χ1) is 31.6. The van der Waals surface area contributed by atoms with Gasteiger partial charge in [-0.15, -0.1) is 0 Å². The van der Waals surface area contributed by atoms with E-state index in [4.69, 9.17) is 14.2 Å². The monoisotopic (exact) mass is 838 g/mol. The largest absolute Gasteiger partial charge is 0.497 e. The van der Waals surface area contributed by atoms with Crippen molar-refractivity contribution in [2.75, 3.05) is 40.9 Å². The molecule has 8 aromatic rings. The number of methoxy groups -OCH3 is 3. The average Bonchev–Trinajstić information content (AvgIpc) is 3.37. The van der Waals surface area contributed by atoms with Crippen molar-refractivity contribution in [1.82, 2.24) is 0 Å². The summed E-state index contributed by atoms with van der Waals surface area (Å²) < 4.78 is 17.0. The molecule has 0 saturated carbocycles. The summed E-state index contributed by atoms with van der Waals surface area (Å²) in [4.78, 5) is 9.23. The minimum Gasteiger partial charge on any atom is -0.497 e. The van der Waals surface area contributed by atoms with Gasteiger partial charge in [-0.05, 0) is 146 Å². The second-order valence-corrected chi connectivity index (χ2v) is 15.3. The predicted octanol–water partition coefficient (Wildman–Crippen LogP) is 15.2. The van der Waals surface area contributed by atoms with Gasteiger partial charge in [0.15, 0.2) is 0 Å². The Morgan fingerprint density at radius 1 is 0.266 bits per heavy atom. The van der Waals surface area contributed by atoms with Gasteiger partial charge in [0.05, 0.1) is 21.3 Å². The van der Waals surface area contributed by atoms with Crippen molar-refractivity contribution < 1.29 is 14.2 Å². The van der Waals surface area contributed by atoms with Gasteiger partial charge in [-0.3, -0.25) is 0 Å². The lowest BCUT2D eigenvalue weighted by Crippen LogP contribution is -2.22. The molecule has 0 unspecified atom stereocenters. The summed E-state index contributed by atoms with van der Waals surface area (Å²) in [7, 11) is 5.12. The van der Waals surface area contributed by atoms with Gasteiger partial charge in [-0.1, -0.05) is 72.8 Å². The van der Waals surface area contributed by atoms with Crippen LogP contribution >= 0.6 is 0 Å². The van der Waals surface area contributed by atoms with E-state index in [1.165, 1.54) is 11.4 Å². The summed E-state index contributed by atoms with van der Waals surface area (Å²) in [6.45, 7) is 0. The first-order valence-electron chi connectivity index (χ1n) is 21.5. The summed E-state index contributed by atoms with van der Waals surface area (Å²) in [5.74, 6) is 2.42. The van der Waals surface area contributed by atoms with Crippen molar-refractivity contribution in [1.29, 1.82) is 0 Å². The fourth-order valence-electron chi connectivity index (χ4n) is 8.33. The van der Waals surface area contributed by atoms with Gasteiger partial charge in [-0.25, -0.2) is 0 Å². The molecule has 0 heterocycles. The molecule has 0 fully saturated rings. The van der Waals surface area contributed by atoms with Crippen LogP contribution in [0.4, 0.5) is 56.9 Å². The molecular formula is C57H50N4O3. The normalized spacial score (nSPS) is 12.0. The average molecular weight is 839 g/mol. The van der Waals surface area contributed by atoms with E-state index in [9.17, 15) is 0 Å². The van der Waals surface area contributed by atoms with E-state index in [-0.39, 0.29) is 0 Å². The number of hydrogen-bond donors (Lipinski definition) is 0. The zero-order valence-corrected chi connectivity index (χ0v) is 36.3. The van der Waals surface area contributed by atoms with E-state index in [1.807, 2.05) is 48.5 Å². The quantitative estimate of drug-likeness (QED) is 0.102. The maximum absolute atomic E-state index is 5.66. The Morgan fingerprint density at radius 3 is 0.828 bits per heavy atom.